The first-order valence-electron chi connectivity index (χ1n) is 7.14. The van der Waals surface area contributed by atoms with Crippen molar-refractivity contribution in [1.82, 2.24) is 0 Å². The summed E-state index contributed by atoms with van der Waals surface area (Å²) in [5.74, 6) is 0.193. The number of hydrogen-bond acceptors (Lipinski definition) is 4. The van der Waals surface area contributed by atoms with Crippen LogP contribution >= 0.6 is 0 Å². The lowest BCUT2D eigenvalue weighted by atomic mass is 9.93. The zero-order valence-corrected chi connectivity index (χ0v) is 13.0. The Hall–Kier alpha value is -1.07. The first kappa shape index (κ1) is 15.3. The highest BCUT2D eigenvalue weighted by Crippen LogP contribution is 2.26. The highest BCUT2D eigenvalue weighted by atomic mass is 32.2. The largest absolute Gasteiger partial charge is 0.390 e. The molecule has 1 aliphatic heterocycles. The van der Waals surface area contributed by atoms with Crippen LogP contribution in [0.1, 0.15) is 33.1 Å². The molecular weight excluding hydrogens is 274 g/mol. The van der Waals surface area contributed by atoms with Crippen LogP contribution in [0.4, 0.5) is 5.69 Å². The van der Waals surface area contributed by atoms with Crippen LogP contribution in [0.5, 0.6) is 0 Å². The molecule has 1 aromatic carbocycles. The molecule has 1 aromatic rings. The zero-order valence-electron chi connectivity index (χ0n) is 12.2. The Bertz CT molecular complexity index is 539. The van der Waals surface area contributed by atoms with Gasteiger partial charge in [0.15, 0.2) is 9.84 Å². The van der Waals surface area contributed by atoms with Crippen molar-refractivity contribution in [2.45, 2.75) is 43.6 Å². The van der Waals surface area contributed by atoms with E-state index in [1.807, 2.05) is 26.0 Å². The average Bonchev–Trinajstić information content (AvgIpc) is 2.39. The minimum atomic E-state index is -3.13. The van der Waals surface area contributed by atoms with Gasteiger partial charge in [0.25, 0.3) is 0 Å². The molecule has 1 fully saturated rings. The van der Waals surface area contributed by atoms with Crippen molar-refractivity contribution in [3.63, 3.8) is 0 Å². The maximum atomic E-state index is 12.0. The van der Waals surface area contributed by atoms with Gasteiger partial charge >= 0.3 is 0 Å². The number of aliphatic hydroxyl groups is 1. The highest BCUT2D eigenvalue weighted by Gasteiger charge is 2.27. The van der Waals surface area contributed by atoms with Crippen molar-refractivity contribution < 1.29 is 13.5 Å². The van der Waals surface area contributed by atoms with E-state index in [1.54, 1.807) is 12.1 Å². The van der Waals surface area contributed by atoms with Crippen molar-refractivity contribution in [3.05, 3.63) is 24.3 Å². The number of anilines is 1. The van der Waals surface area contributed by atoms with Crippen molar-refractivity contribution in [3.8, 4) is 0 Å². The van der Waals surface area contributed by atoms with Gasteiger partial charge in [0.05, 0.1) is 16.2 Å². The van der Waals surface area contributed by atoms with Crippen LogP contribution in [-0.2, 0) is 9.84 Å². The number of rotatable bonds is 4. The maximum absolute atomic E-state index is 12.0. The summed E-state index contributed by atoms with van der Waals surface area (Å²) in [7, 11) is -3.13. The molecule has 0 radical (unpaired) electrons. The van der Waals surface area contributed by atoms with Crippen LogP contribution in [0.25, 0.3) is 0 Å². The van der Waals surface area contributed by atoms with Gasteiger partial charge in [-0.15, -0.1) is 0 Å². The first-order chi connectivity index (χ1) is 9.34. The fourth-order valence-corrected chi connectivity index (χ4v) is 3.82. The number of benzene rings is 1. The van der Waals surface area contributed by atoms with E-state index in [-0.39, 0.29) is 5.75 Å². The smallest absolute Gasteiger partial charge is 0.178 e. The maximum Gasteiger partial charge on any atom is 0.178 e. The van der Waals surface area contributed by atoms with Gasteiger partial charge in [-0.1, -0.05) is 6.92 Å². The van der Waals surface area contributed by atoms with Crippen LogP contribution in [-0.4, -0.2) is 38.0 Å². The fourth-order valence-electron chi connectivity index (χ4n) is 2.50. The van der Waals surface area contributed by atoms with Crippen molar-refractivity contribution >= 4 is 15.5 Å². The summed E-state index contributed by atoms with van der Waals surface area (Å²) in [6.45, 7) is 5.33. The minimum absolute atomic E-state index is 0.193. The summed E-state index contributed by atoms with van der Waals surface area (Å²) in [6.07, 6.45) is 2.11. The fraction of sp³-hybridized carbons (Fsp3) is 0.600. The number of hydrogen-bond donors (Lipinski definition) is 1. The average molecular weight is 297 g/mol. The van der Waals surface area contributed by atoms with Gasteiger partial charge in [-0.05, 0) is 50.5 Å². The van der Waals surface area contributed by atoms with Gasteiger partial charge in [-0.2, -0.15) is 0 Å². The number of sulfone groups is 1. The van der Waals surface area contributed by atoms with E-state index >= 15 is 0 Å². The van der Waals surface area contributed by atoms with Crippen LogP contribution in [0.15, 0.2) is 29.2 Å². The van der Waals surface area contributed by atoms with E-state index in [0.717, 1.165) is 31.6 Å². The third-order valence-electron chi connectivity index (χ3n) is 3.87. The summed E-state index contributed by atoms with van der Waals surface area (Å²) < 4.78 is 23.9. The molecule has 0 bridgehead atoms. The van der Waals surface area contributed by atoms with Gasteiger partial charge < -0.3 is 10.0 Å². The molecule has 0 aromatic heterocycles. The van der Waals surface area contributed by atoms with E-state index in [4.69, 9.17) is 0 Å². The summed E-state index contributed by atoms with van der Waals surface area (Å²) in [5, 5.41) is 9.94. The van der Waals surface area contributed by atoms with E-state index in [0.29, 0.717) is 11.3 Å². The molecule has 0 atom stereocenters. The van der Waals surface area contributed by atoms with E-state index in [1.165, 1.54) is 0 Å². The topological polar surface area (TPSA) is 57.6 Å². The molecule has 0 spiro atoms. The Balaban J connectivity index is 2.10. The molecule has 0 unspecified atom stereocenters. The van der Waals surface area contributed by atoms with Crippen LogP contribution < -0.4 is 4.90 Å². The molecular formula is C15H23NO3S. The van der Waals surface area contributed by atoms with Crippen molar-refractivity contribution in [2.75, 3.05) is 23.7 Å². The molecule has 1 N–H and O–H groups in total. The minimum Gasteiger partial charge on any atom is -0.390 e. The Morgan fingerprint density at radius 2 is 1.75 bits per heavy atom. The van der Waals surface area contributed by atoms with Crippen LogP contribution in [0, 0.1) is 0 Å². The van der Waals surface area contributed by atoms with Gasteiger partial charge in [0.1, 0.15) is 0 Å². The Labute approximate surface area is 121 Å². The van der Waals surface area contributed by atoms with Crippen molar-refractivity contribution in [1.29, 1.82) is 0 Å². The van der Waals surface area contributed by atoms with Gasteiger partial charge in [-0.25, -0.2) is 8.42 Å². The monoisotopic (exact) mass is 297 g/mol. The Morgan fingerprint density at radius 1 is 1.20 bits per heavy atom. The third-order valence-corrected chi connectivity index (χ3v) is 5.81. The lowest BCUT2D eigenvalue weighted by molar-refractivity contribution is 0.0351. The van der Waals surface area contributed by atoms with E-state index in [2.05, 4.69) is 4.90 Å². The molecule has 112 valence electrons. The summed E-state index contributed by atoms with van der Waals surface area (Å²) in [4.78, 5) is 2.58. The second-order valence-corrected chi connectivity index (χ2v) is 7.91. The summed E-state index contributed by atoms with van der Waals surface area (Å²) in [5.41, 5.74) is 0.455. The number of nitrogens with zero attached hydrogens (tertiary/aromatic N) is 1. The summed E-state index contributed by atoms with van der Waals surface area (Å²) >= 11 is 0. The van der Waals surface area contributed by atoms with Gasteiger partial charge in [0.2, 0.25) is 0 Å². The SMILES string of the molecule is CCCS(=O)(=O)c1ccc(N2CCC(C)(O)CC2)cc1. The van der Waals surface area contributed by atoms with Crippen LogP contribution in [0.2, 0.25) is 0 Å². The number of piperidine rings is 1. The standard InChI is InChI=1S/C15H23NO3S/c1-3-12-20(18,19)14-6-4-13(5-7-14)16-10-8-15(2,17)9-11-16/h4-7,17H,3,8-12H2,1-2H3. The Kier molecular flexibility index (Phi) is 4.39. The van der Waals surface area contributed by atoms with Gasteiger partial charge in [0, 0.05) is 18.8 Å². The first-order valence-corrected chi connectivity index (χ1v) is 8.79. The highest BCUT2D eigenvalue weighted by molar-refractivity contribution is 7.91. The molecule has 2 rings (SSSR count). The molecule has 5 heteroatoms. The molecule has 0 amide bonds. The van der Waals surface area contributed by atoms with Crippen LogP contribution in [0.3, 0.4) is 0 Å². The quantitative estimate of drug-likeness (QED) is 0.926. The molecule has 1 aliphatic rings. The molecule has 4 nitrogen and oxygen atoms in total. The Morgan fingerprint density at radius 3 is 2.25 bits per heavy atom. The molecule has 20 heavy (non-hydrogen) atoms. The van der Waals surface area contributed by atoms with E-state index < -0.39 is 15.4 Å². The molecule has 0 saturated carbocycles. The third kappa shape index (κ3) is 3.52. The lowest BCUT2D eigenvalue weighted by Gasteiger charge is -2.37. The van der Waals surface area contributed by atoms with Crippen molar-refractivity contribution in [2.24, 2.45) is 0 Å². The second kappa shape index (κ2) is 5.74. The predicted octanol–water partition coefficient (Wildman–Crippen LogP) is 2.22. The normalized spacial score (nSPS) is 19.1. The molecule has 1 saturated heterocycles. The zero-order chi connectivity index (χ0) is 14.8. The second-order valence-electron chi connectivity index (χ2n) is 5.80. The molecule has 1 heterocycles. The lowest BCUT2D eigenvalue weighted by Crippen LogP contribution is -2.42. The van der Waals surface area contributed by atoms with E-state index in [9.17, 15) is 13.5 Å². The molecule has 0 aliphatic carbocycles. The predicted molar refractivity (Wildman–Crippen MR) is 80.9 cm³/mol. The summed E-state index contributed by atoms with van der Waals surface area (Å²) in [6, 6.07) is 7.10. The van der Waals surface area contributed by atoms with Gasteiger partial charge in [-0.3, -0.25) is 0 Å².